The zero-order valence-corrected chi connectivity index (χ0v) is 13.1. The number of nitrogens with zero attached hydrogens (tertiary/aromatic N) is 3. The normalized spacial score (nSPS) is 10.5. The standard InChI is InChI=1S/C18H17N3O3/c1-24-17-6-5-15(11-13-7-9-19-10-8-13)20-18(17)14-3-2-4-16(12-14)21(22)23/h2-10,12,22-23H,11H2,1H3. The average molecular weight is 323 g/mol. The molecule has 6 heteroatoms. The maximum atomic E-state index is 9.20. The highest BCUT2D eigenvalue weighted by molar-refractivity contribution is 5.70. The van der Waals surface area contributed by atoms with E-state index in [0.717, 1.165) is 16.8 Å². The van der Waals surface area contributed by atoms with Gasteiger partial charge in [0.05, 0.1) is 12.8 Å². The largest absolute Gasteiger partial charge is 0.494 e. The fraction of sp³-hybridized carbons (Fsp3) is 0.111. The Balaban J connectivity index is 1.99. The van der Waals surface area contributed by atoms with Gasteiger partial charge in [0.15, 0.2) is 0 Å². The van der Waals surface area contributed by atoms with Gasteiger partial charge < -0.3 is 4.74 Å². The zero-order valence-electron chi connectivity index (χ0n) is 13.1. The zero-order chi connectivity index (χ0) is 16.9. The molecule has 0 unspecified atom stereocenters. The molecule has 0 amide bonds. The van der Waals surface area contributed by atoms with Crippen LogP contribution in [-0.4, -0.2) is 27.5 Å². The van der Waals surface area contributed by atoms with E-state index in [1.54, 1.807) is 37.7 Å². The molecule has 24 heavy (non-hydrogen) atoms. The molecule has 122 valence electrons. The lowest BCUT2D eigenvalue weighted by atomic mass is 10.1. The molecule has 3 aromatic rings. The van der Waals surface area contributed by atoms with Gasteiger partial charge in [0.1, 0.15) is 11.4 Å². The lowest BCUT2D eigenvalue weighted by Gasteiger charge is -2.13. The van der Waals surface area contributed by atoms with Gasteiger partial charge in [-0.25, -0.2) is 4.98 Å². The molecule has 0 spiro atoms. The number of benzene rings is 1. The maximum Gasteiger partial charge on any atom is 0.145 e. The number of hydrogen-bond acceptors (Lipinski definition) is 6. The summed E-state index contributed by atoms with van der Waals surface area (Å²) in [5.74, 6) is 0.619. The second-order valence-electron chi connectivity index (χ2n) is 5.23. The van der Waals surface area contributed by atoms with Gasteiger partial charge in [0, 0.05) is 30.1 Å². The Bertz CT molecular complexity index is 823. The quantitative estimate of drug-likeness (QED) is 0.701. The van der Waals surface area contributed by atoms with Gasteiger partial charge in [-0.3, -0.25) is 15.4 Å². The van der Waals surface area contributed by atoms with E-state index in [0.29, 0.717) is 17.9 Å². The number of hydrogen-bond donors (Lipinski definition) is 2. The molecule has 0 saturated carbocycles. The minimum absolute atomic E-state index is 0.0802. The topological polar surface area (TPSA) is 78.7 Å². The number of rotatable bonds is 5. The van der Waals surface area contributed by atoms with Crippen molar-refractivity contribution >= 4 is 5.69 Å². The first-order valence-corrected chi connectivity index (χ1v) is 7.38. The fourth-order valence-corrected chi connectivity index (χ4v) is 2.44. The SMILES string of the molecule is COc1ccc(Cc2ccncc2)nc1-c1cccc(N(O)O)c1. The molecular formula is C18H17N3O3. The fourth-order valence-electron chi connectivity index (χ4n) is 2.44. The molecular weight excluding hydrogens is 306 g/mol. The summed E-state index contributed by atoms with van der Waals surface area (Å²) in [6.45, 7) is 0. The predicted octanol–water partition coefficient (Wildman–Crippen LogP) is 3.33. The first-order chi connectivity index (χ1) is 11.7. The number of anilines is 1. The Morgan fingerprint density at radius 2 is 1.83 bits per heavy atom. The average Bonchev–Trinajstić information content (AvgIpc) is 2.62. The number of ether oxygens (including phenoxy) is 1. The molecule has 6 nitrogen and oxygen atoms in total. The Morgan fingerprint density at radius 3 is 2.54 bits per heavy atom. The van der Waals surface area contributed by atoms with E-state index < -0.39 is 0 Å². The minimum atomic E-state index is 0.0802. The second kappa shape index (κ2) is 7.08. The van der Waals surface area contributed by atoms with Gasteiger partial charge in [0.2, 0.25) is 0 Å². The number of aromatic nitrogens is 2. The summed E-state index contributed by atoms with van der Waals surface area (Å²) >= 11 is 0. The van der Waals surface area contributed by atoms with Crippen LogP contribution in [0.5, 0.6) is 5.75 Å². The van der Waals surface area contributed by atoms with Crippen molar-refractivity contribution in [1.29, 1.82) is 0 Å². The van der Waals surface area contributed by atoms with Crippen molar-refractivity contribution < 1.29 is 15.2 Å². The Kier molecular flexibility index (Phi) is 4.69. The van der Waals surface area contributed by atoms with Crippen LogP contribution < -0.4 is 9.96 Å². The lowest BCUT2D eigenvalue weighted by molar-refractivity contribution is 0.0292. The molecule has 0 aliphatic rings. The van der Waals surface area contributed by atoms with Crippen molar-refractivity contribution in [1.82, 2.24) is 9.97 Å². The van der Waals surface area contributed by atoms with Crippen molar-refractivity contribution in [3.8, 4) is 17.0 Å². The van der Waals surface area contributed by atoms with Crippen LogP contribution in [0.25, 0.3) is 11.3 Å². The van der Waals surface area contributed by atoms with E-state index in [1.807, 2.05) is 30.3 Å². The molecule has 0 aliphatic heterocycles. The Morgan fingerprint density at radius 1 is 1.04 bits per heavy atom. The van der Waals surface area contributed by atoms with E-state index in [2.05, 4.69) is 9.97 Å². The summed E-state index contributed by atoms with van der Waals surface area (Å²) in [5.41, 5.74) is 3.61. The van der Waals surface area contributed by atoms with Crippen molar-refractivity contribution in [2.45, 2.75) is 6.42 Å². The summed E-state index contributed by atoms with van der Waals surface area (Å²) in [4.78, 5) is 8.70. The van der Waals surface area contributed by atoms with Crippen LogP contribution in [0, 0.1) is 0 Å². The number of methoxy groups -OCH3 is 1. The molecule has 3 rings (SSSR count). The smallest absolute Gasteiger partial charge is 0.145 e. The Labute approximate surface area is 139 Å². The van der Waals surface area contributed by atoms with E-state index in [4.69, 9.17) is 4.74 Å². The van der Waals surface area contributed by atoms with Crippen molar-refractivity contribution in [2.75, 3.05) is 12.3 Å². The highest BCUT2D eigenvalue weighted by Gasteiger charge is 2.11. The van der Waals surface area contributed by atoms with E-state index in [-0.39, 0.29) is 10.9 Å². The van der Waals surface area contributed by atoms with Crippen LogP contribution in [-0.2, 0) is 6.42 Å². The van der Waals surface area contributed by atoms with Crippen LogP contribution in [0.2, 0.25) is 0 Å². The van der Waals surface area contributed by atoms with Gasteiger partial charge in [-0.15, -0.1) is 5.23 Å². The third-order valence-electron chi connectivity index (χ3n) is 3.62. The van der Waals surface area contributed by atoms with Gasteiger partial charge in [-0.1, -0.05) is 12.1 Å². The van der Waals surface area contributed by atoms with Crippen molar-refractivity contribution in [3.63, 3.8) is 0 Å². The van der Waals surface area contributed by atoms with E-state index in [1.165, 1.54) is 0 Å². The van der Waals surface area contributed by atoms with Gasteiger partial charge in [-0.2, -0.15) is 0 Å². The second-order valence-corrected chi connectivity index (χ2v) is 5.23. The third-order valence-corrected chi connectivity index (χ3v) is 3.62. The van der Waals surface area contributed by atoms with Crippen LogP contribution >= 0.6 is 0 Å². The Hall–Kier alpha value is -2.96. The molecule has 1 aromatic carbocycles. The van der Waals surface area contributed by atoms with Gasteiger partial charge in [0.25, 0.3) is 0 Å². The van der Waals surface area contributed by atoms with Crippen LogP contribution in [0.4, 0.5) is 5.69 Å². The van der Waals surface area contributed by atoms with Crippen LogP contribution in [0.15, 0.2) is 60.9 Å². The van der Waals surface area contributed by atoms with Crippen molar-refractivity contribution in [3.05, 3.63) is 72.2 Å². The molecule has 0 radical (unpaired) electrons. The highest BCUT2D eigenvalue weighted by Crippen LogP contribution is 2.30. The summed E-state index contributed by atoms with van der Waals surface area (Å²) in [6.07, 6.45) is 4.17. The molecule has 0 saturated heterocycles. The van der Waals surface area contributed by atoms with Crippen LogP contribution in [0.3, 0.4) is 0 Å². The molecule has 0 bridgehead atoms. The van der Waals surface area contributed by atoms with E-state index in [9.17, 15) is 10.4 Å². The number of pyridine rings is 2. The minimum Gasteiger partial charge on any atom is -0.494 e. The summed E-state index contributed by atoms with van der Waals surface area (Å²) < 4.78 is 5.39. The summed E-state index contributed by atoms with van der Waals surface area (Å²) in [6, 6.07) is 14.4. The molecule has 2 heterocycles. The maximum absolute atomic E-state index is 9.20. The van der Waals surface area contributed by atoms with Crippen molar-refractivity contribution in [2.24, 2.45) is 0 Å². The molecule has 2 N–H and O–H groups in total. The van der Waals surface area contributed by atoms with Crippen LogP contribution in [0.1, 0.15) is 11.3 Å². The highest BCUT2D eigenvalue weighted by atomic mass is 16.8. The first-order valence-electron chi connectivity index (χ1n) is 7.38. The molecule has 2 aromatic heterocycles. The third kappa shape index (κ3) is 3.51. The van der Waals surface area contributed by atoms with Gasteiger partial charge in [-0.05, 0) is 42.0 Å². The molecule has 0 aliphatic carbocycles. The monoisotopic (exact) mass is 323 g/mol. The summed E-state index contributed by atoms with van der Waals surface area (Å²) in [7, 11) is 1.58. The first kappa shape index (κ1) is 15.9. The van der Waals surface area contributed by atoms with E-state index >= 15 is 0 Å². The summed E-state index contributed by atoms with van der Waals surface area (Å²) in [5, 5.41) is 18.5. The molecule has 0 fully saturated rings. The lowest BCUT2D eigenvalue weighted by Crippen LogP contribution is -2.10. The molecule has 0 atom stereocenters. The predicted molar refractivity (Wildman–Crippen MR) is 89.3 cm³/mol. The van der Waals surface area contributed by atoms with Gasteiger partial charge >= 0.3 is 0 Å².